The molecule has 5 nitrogen and oxygen atoms in total. The standard InChI is InChI=1S/C21H21FN2O3/c1-12-16(19(25)27-3)17(13-8-5-4-6-9-13)23-21(12)14-10-7-11-15(22)18(14)24(2)20(21)26/h4-12,16-17,23H,1-3H3/t12-,16-,17-,21-/m0/s1. The maximum absolute atomic E-state index is 14.5. The normalized spacial score (nSPS) is 29.3. The van der Waals surface area contributed by atoms with Crippen molar-refractivity contribution in [2.45, 2.75) is 18.5 Å². The minimum Gasteiger partial charge on any atom is -0.469 e. The number of nitrogens with one attached hydrogen (secondary N) is 1. The zero-order valence-electron chi connectivity index (χ0n) is 15.4. The monoisotopic (exact) mass is 368 g/mol. The fraction of sp³-hybridized carbons (Fsp3) is 0.333. The number of carbonyl (C=O) groups is 2. The van der Waals surface area contributed by atoms with Crippen molar-refractivity contribution in [3.8, 4) is 0 Å². The Hall–Kier alpha value is -2.73. The number of rotatable bonds is 2. The first kappa shape index (κ1) is 17.7. The minimum atomic E-state index is -1.18. The summed E-state index contributed by atoms with van der Waals surface area (Å²) in [5, 5.41) is 3.40. The third-order valence-corrected chi connectivity index (χ3v) is 5.99. The molecule has 0 radical (unpaired) electrons. The van der Waals surface area contributed by atoms with E-state index in [9.17, 15) is 14.0 Å². The van der Waals surface area contributed by atoms with Gasteiger partial charge in [-0.3, -0.25) is 14.9 Å². The highest BCUT2D eigenvalue weighted by Crippen LogP contribution is 2.54. The summed E-state index contributed by atoms with van der Waals surface area (Å²) in [7, 11) is 2.91. The van der Waals surface area contributed by atoms with Crippen molar-refractivity contribution in [3.63, 3.8) is 0 Å². The average molecular weight is 368 g/mol. The van der Waals surface area contributed by atoms with Gasteiger partial charge in [0.25, 0.3) is 5.91 Å². The summed E-state index contributed by atoms with van der Waals surface area (Å²) >= 11 is 0. The van der Waals surface area contributed by atoms with Crippen LogP contribution in [0.1, 0.15) is 24.1 Å². The Morgan fingerprint density at radius 3 is 2.56 bits per heavy atom. The maximum atomic E-state index is 14.5. The van der Waals surface area contributed by atoms with Gasteiger partial charge in [0.1, 0.15) is 11.4 Å². The Bertz CT molecular complexity index is 917. The van der Waals surface area contributed by atoms with Crippen LogP contribution in [0.25, 0.3) is 0 Å². The first-order valence-electron chi connectivity index (χ1n) is 8.91. The van der Waals surface area contributed by atoms with Gasteiger partial charge in [0, 0.05) is 24.6 Å². The molecule has 1 N–H and O–H groups in total. The molecule has 0 unspecified atom stereocenters. The van der Waals surface area contributed by atoms with Crippen molar-refractivity contribution < 1.29 is 18.7 Å². The molecule has 0 saturated carbocycles. The number of methoxy groups -OCH3 is 1. The molecule has 6 heteroatoms. The Labute approximate surface area is 157 Å². The summed E-state index contributed by atoms with van der Waals surface area (Å²) in [6.45, 7) is 1.85. The molecular formula is C21H21FN2O3. The molecule has 27 heavy (non-hydrogen) atoms. The van der Waals surface area contributed by atoms with Gasteiger partial charge in [-0.2, -0.15) is 0 Å². The van der Waals surface area contributed by atoms with Crippen LogP contribution in [0.3, 0.4) is 0 Å². The lowest BCUT2D eigenvalue weighted by Gasteiger charge is -2.29. The molecule has 1 fully saturated rings. The largest absolute Gasteiger partial charge is 0.469 e. The number of amides is 1. The van der Waals surface area contributed by atoms with Crippen molar-refractivity contribution in [2.24, 2.45) is 11.8 Å². The molecule has 140 valence electrons. The van der Waals surface area contributed by atoms with E-state index in [1.54, 1.807) is 19.2 Å². The van der Waals surface area contributed by atoms with Crippen LogP contribution in [0.5, 0.6) is 0 Å². The summed E-state index contributed by atoms with van der Waals surface area (Å²) in [6.07, 6.45) is 0. The van der Waals surface area contributed by atoms with E-state index in [1.165, 1.54) is 18.1 Å². The topological polar surface area (TPSA) is 58.6 Å². The summed E-state index contributed by atoms with van der Waals surface area (Å²) in [4.78, 5) is 27.3. The van der Waals surface area contributed by atoms with E-state index in [0.29, 0.717) is 5.56 Å². The van der Waals surface area contributed by atoms with Gasteiger partial charge in [-0.25, -0.2) is 4.39 Å². The number of esters is 1. The van der Waals surface area contributed by atoms with Crippen LogP contribution in [0.15, 0.2) is 48.5 Å². The van der Waals surface area contributed by atoms with Crippen molar-refractivity contribution >= 4 is 17.6 Å². The third-order valence-electron chi connectivity index (χ3n) is 5.99. The Balaban J connectivity index is 1.91. The second kappa shape index (κ2) is 6.16. The molecule has 2 aromatic rings. The molecule has 2 aliphatic heterocycles. The number of ether oxygens (including phenoxy) is 1. The fourth-order valence-electron chi connectivity index (χ4n) is 4.69. The third kappa shape index (κ3) is 2.26. The zero-order chi connectivity index (χ0) is 19.3. The minimum absolute atomic E-state index is 0.262. The van der Waals surface area contributed by atoms with Crippen molar-refractivity contribution in [1.82, 2.24) is 5.32 Å². The molecule has 4 rings (SSSR count). The molecule has 0 bridgehead atoms. The molecule has 1 amide bonds. The molecule has 0 aromatic heterocycles. The summed E-state index contributed by atoms with van der Waals surface area (Å²) in [6, 6.07) is 13.8. The van der Waals surface area contributed by atoms with E-state index in [0.717, 1.165) is 5.56 Å². The Morgan fingerprint density at radius 2 is 1.89 bits per heavy atom. The zero-order valence-corrected chi connectivity index (χ0v) is 15.4. The predicted octanol–water partition coefficient (Wildman–Crippen LogP) is 2.77. The van der Waals surface area contributed by atoms with Crippen LogP contribution in [0.4, 0.5) is 10.1 Å². The number of nitrogens with zero attached hydrogens (tertiary/aromatic N) is 1. The Kier molecular flexibility index (Phi) is 4.03. The van der Waals surface area contributed by atoms with Gasteiger partial charge in [0.15, 0.2) is 0 Å². The van der Waals surface area contributed by atoms with Gasteiger partial charge in [-0.1, -0.05) is 49.4 Å². The first-order valence-corrected chi connectivity index (χ1v) is 8.91. The summed E-state index contributed by atoms with van der Waals surface area (Å²) < 4.78 is 19.6. The van der Waals surface area contributed by atoms with Crippen LogP contribution >= 0.6 is 0 Å². The molecule has 0 aliphatic carbocycles. The van der Waals surface area contributed by atoms with Crippen LogP contribution in [0.2, 0.25) is 0 Å². The highest BCUT2D eigenvalue weighted by atomic mass is 19.1. The van der Waals surface area contributed by atoms with Crippen LogP contribution in [0, 0.1) is 17.7 Å². The number of para-hydroxylation sites is 1. The highest BCUT2D eigenvalue weighted by Gasteiger charge is 2.64. The molecule has 2 heterocycles. The Morgan fingerprint density at radius 1 is 1.19 bits per heavy atom. The van der Waals surface area contributed by atoms with Gasteiger partial charge < -0.3 is 9.64 Å². The molecule has 1 saturated heterocycles. The number of anilines is 1. The smallest absolute Gasteiger partial charge is 0.310 e. The lowest BCUT2D eigenvalue weighted by molar-refractivity contribution is -0.147. The highest BCUT2D eigenvalue weighted by molar-refractivity contribution is 6.08. The van der Waals surface area contributed by atoms with Gasteiger partial charge >= 0.3 is 5.97 Å². The fourth-order valence-corrected chi connectivity index (χ4v) is 4.69. The van der Waals surface area contributed by atoms with E-state index < -0.39 is 29.2 Å². The summed E-state index contributed by atoms with van der Waals surface area (Å²) in [5.74, 6) is -2.10. The van der Waals surface area contributed by atoms with Crippen LogP contribution < -0.4 is 10.2 Å². The first-order chi connectivity index (χ1) is 12.9. The van der Waals surface area contributed by atoms with Gasteiger partial charge in [-0.05, 0) is 11.6 Å². The van der Waals surface area contributed by atoms with Gasteiger partial charge in [0.2, 0.25) is 0 Å². The quantitative estimate of drug-likeness (QED) is 0.828. The second-order valence-electron chi connectivity index (χ2n) is 7.18. The number of fused-ring (bicyclic) bond motifs is 2. The predicted molar refractivity (Wildman–Crippen MR) is 98.5 cm³/mol. The lowest BCUT2D eigenvalue weighted by atomic mass is 9.76. The number of hydrogen-bond acceptors (Lipinski definition) is 4. The molecule has 2 aromatic carbocycles. The van der Waals surface area contributed by atoms with Crippen molar-refractivity contribution in [2.75, 3.05) is 19.1 Å². The van der Waals surface area contributed by atoms with Crippen LogP contribution in [-0.4, -0.2) is 26.0 Å². The van der Waals surface area contributed by atoms with E-state index in [4.69, 9.17) is 4.74 Å². The van der Waals surface area contributed by atoms with Crippen LogP contribution in [-0.2, 0) is 19.9 Å². The van der Waals surface area contributed by atoms with E-state index >= 15 is 0 Å². The van der Waals surface area contributed by atoms with Crippen molar-refractivity contribution in [3.05, 3.63) is 65.5 Å². The lowest BCUT2D eigenvalue weighted by Crippen LogP contribution is -2.50. The number of benzene rings is 2. The molecule has 1 spiro atoms. The van der Waals surface area contributed by atoms with E-state index in [-0.39, 0.29) is 17.6 Å². The average Bonchev–Trinajstić information content (AvgIpc) is 3.11. The molecule has 2 aliphatic rings. The second-order valence-corrected chi connectivity index (χ2v) is 7.18. The molecular weight excluding hydrogens is 347 g/mol. The molecule has 4 atom stereocenters. The number of hydrogen-bond donors (Lipinski definition) is 1. The maximum Gasteiger partial charge on any atom is 0.310 e. The van der Waals surface area contributed by atoms with Gasteiger partial charge in [-0.15, -0.1) is 0 Å². The number of carbonyl (C=O) groups excluding carboxylic acids is 2. The number of likely N-dealkylation sites (N-methyl/N-ethyl adjacent to an activating group) is 1. The van der Waals surface area contributed by atoms with Crippen molar-refractivity contribution in [1.29, 1.82) is 0 Å². The SMILES string of the molecule is COC(=O)[C@@H]1[C@H](c2ccccc2)N[C@@]2(C(=O)N(C)c3c(F)cccc32)[C@H]1C. The number of halogens is 1. The van der Waals surface area contributed by atoms with E-state index in [2.05, 4.69) is 5.32 Å². The summed E-state index contributed by atoms with van der Waals surface area (Å²) in [5.41, 5.74) is 0.539. The van der Waals surface area contributed by atoms with Gasteiger partial charge in [0.05, 0.1) is 18.7 Å². The van der Waals surface area contributed by atoms with E-state index in [1.807, 2.05) is 37.3 Å².